The second-order valence-corrected chi connectivity index (χ2v) is 4.70. The van der Waals surface area contributed by atoms with Crippen LogP contribution in [0.1, 0.15) is 36.3 Å². The third-order valence-electron chi connectivity index (χ3n) is 2.52. The molecule has 0 aromatic carbocycles. The van der Waals surface area contributed by atoms with Gasteiger partial charge < -0.3 is 10.6 Å². The third-order valence-corrected chi connectivity index (χ3v) is 2.84. The summed E-state index contributed by atoms with van der Waals surface area (Å²) in [6.45, 7) is 5.96. The molecule has 1 aromatic rings. The lowest BCUT2D eigenvalue weighted by atomic mass is 10.2. The van der Waals surface area contributed by atoms with Gasteiger partial charge in [0.2, 0.25) is 5.91 Å². The first kappa shape index (κ1) is 15.4. The van der Waals surface area contributed by atoms with Gasteiger partial charge in [-0.15, -0.1) is 0 Å². The summed E-state index contributed by atoms with van der Waals surface area (Å²) in [5.74, 6) is -0.622. The zero-order valence-corrected chi connectivity index (χ0v) is 12.0. The molecule has 1 heterocycles. The number of carbonyl (C=O) groups excluding carboxylic acids is 2. The van der Waals surface area contributed by atoms with Crippen LogP contribution in [0.25, 0.3) is 0 Å². The standard InChI is InChI=1S/C13H18ClN3O2/c1-4-5-15-12(18)9(3)17-13(19)10-7-16-8(2)6-11(10)14/h6-7,9H,4-5H2,1-3H3,(H,15,18)(H,17,19). The van der Waals surface area contributed by atoms with Crippen molar-refractivity contribution in [1.82, 2.24) is 15.6 Å². The molecule has 0 saturated carbocycles. The fourth-order valence-electron chi connectivity index (χ4n) is 1.43. The SMILES string of the molecule is CCCNC(=O)C(C)NC(=O)c1cnc(C)cc1Cl. The second-order valence-electron chi connectivity index (χ2n) is 4.29. The molecule has 0 fully saturated rings. The summed E-state index contributed by atoms with van der Waals surface area (Å²) in [4.78, 5) is 27.6. The Labute approximate surface area is 117 Å². The van der Waals surface area contributed by atoms with E-state index in [4.69, 9.17) is 11.6 Å². The van der Waals surface area contributed by atoms with Gasteiger partial charge in [-0.05, 0) is 26.3 Å². The van der Waals surface area contributed by atoms with Crippen LogP contribution in [-0.4, -0.2) is 29.4 Å². The van der Waals surface area contributed by atoms with E-state index in [0.717, 1.165) is 12.1 Å². The van der Waals surface area contributed by atoms with E-state index < -0.39 is 11.9 Å². The fourth-order valence-corrected chi connectivity index (χ4v) is 1.73. The van der Waals surface area contributed by atoms with Crippen LogP contribution in [-0.2, 0) is 4.79 Å². The van der Waals surface area contributed by atoms with Gasteiger partial charge in [0, 0.05) is 18.4 Å². The molecule has 0 bridgehead atoms. The summed E-state index contributed by atoms with van der Waals surface area (Å²) in [6, 6.07) is 0.995. The zero-order chi connectivity index (χ0) is 14.4. The van der Waals surface area contributed by atoms with E-state index in [9.17, 15) is 9.59 Å². The molecule has 2 amide bonds. The van der Waals surface area contributed by atoms with E-state index in [1.54, 1.807) is 19.9 Å². The average Bonchev–Trinajstić information content (AvgIpc) is 2.35. The highest BCUT2D eigenvalue weighted by Gasteiger charge is 2.18. The fraction of sp³-hybridized carbons (Fsp3) is 0.462. The van der Waals surface area contributed by atoms with Crippen molar-refractivity contribution in [3.63, 3.8) is 0 Å². The number of aromatic nitrogens is 1. The Morgan fingerprint density at radius 1 is 1.47 bits per heavy atom. The maximum atomic E-state index is 11.9. The maximum absolute atomic E-state index is 11.9. The first-order chi connectivity index (χ1) is 8.95. The summed E-state index contributed by atoms with van der Waals surface area (Å²) in [6.07, 6.45) is 2.25. The van der Waals surface area contributed by atoms with Crippen LogP contribution in [0.5, 0.6) is 0 Å². The molecular formula is C13H18ClN3O2. The Morgan fingerprint density at radius 2 is 2.16 bits per heavy atom. The molecule has 0 saturated heterocycles. The van der Waals surface area contributed by atoms with E-state index in [2.05, 4.69) is 15.6 Å². The van der Waals surface area contributed by atoms with Crippen LogP contribution in [0, 0.1) is 6.92 Å². The van der Waals surface area contributed by atoms with Crippen molar-refractivity contribution in [2.45, 2.75) is 33.2 Å². The van der Waals surface area contributed by atoms with Crippen molar-refractivity contribution in [3.8, 4) is 0 Å². The highest BCUT2D eigenvalue weighted by atomic mass is 35.5. The number of carbonyl (C=O) groups is 2. The molecule has 0 radical (unpaired) electrons. The van der Waals surface area contributed by atoms with Crippen molar-refractivity contribution < 1.29 is 9.59 Å². The monoisotopic (exact) mass is 283 g/mol. The number of nitrogens with one attached hydrogen (secondary N) is 2. The van der Waals surface area contributed by atoms with E-state index >= 15 is 0 Å². The maximum Gasteiger partial charge on any atom is 0.255 e. The number of rotatable bonds is 5. The van der Waals surface area contributed by atoms with E-state index in [-0.39, 0.29) is 11.5 Å². The minimum Gasteiger partial charge on any atom is -0.354 e. The van der Waals surface area contributed by atoms with Crippen LogP contribution in [0.2, 0.25) is 5.02 Å². The minimum atomic E-state index is -0.614. The Kier molecular flexibility index (Phi) is 5.76. The molecule has 0 aliphatic carbocycles. The Bertz CT molecular complexity index is 477. The van der Waals surface area contributed by atoms with Crippen molar-refractivity contribution >= 4 is 23.4 Å². The van der Waals surface area contributed by atoms with Crippen LogP contribution in [0.4, 0.5) is 0 Å². The molecular weight excluding hydrogens is 266 g/mol. The predicted octanol–water partition coefficient (Wildman–Crippen LogP) is 1.69. The van der Waals surface area contributed by atoms with Gasteiger partial charge in [0.1, 0.15) is 6.04 Å². The van der Waals surface area contributed by atoms with Gasteiger partial charge in [0.15, 0.2) is 0 Å². The molecule has 1 rings (SSSR count). The molecule has 0 aliphatic heterocycles. The first-order valence-electron chi connectivity index (χ1n) is 6.16. The molecule has 1 atom stereocenters. The predicted molar refractivity (Wildman–Crippen MR) is 74.2 cm³/mol. The third kappa shape index (κ3) is 4.52. The molecule has 1 aromatic heterocycles. The quantitative estimate of drug-likeness (QED) is 0.864. The minimum absolute atomic E-state index is 0.216. The number of hydrogen-bond donors (Lipinski definition) is 2. The van der Waals surface area contributed by atoms with Gasteiger partial charge >= 0.3 is 0 Å². The van der Waals surface area contributed by atoms with Crippen LogP contribution >= 0.6 is 11.6 Å². The smallest absolute Gasteiger partial charge is 0.255 e. The van der Waals surface area contributed by atoms with Crippen LogP contribution < -0.4 is 10.6 Å². The summed E-state index contributed by atoms with van der Waals surface area (Å²) in [5.41, 5.74) is 0.998. The molecule has 6 heteroatoms. The van der Waals surface area contributed by atoms with E-state index in [0.29, 0.717) is 11.6 Å². The summed E-state index contributed by atoms with van der Waals surface area (Å²) < 4.78 is 0. The largest absolute Gasteiger partial charge is 0.354 e. The molecule has 5 nitrogen and oxygen atoms in total. The van der Waals surface area contributed by atoms with Gasteiger partial charge in [0.05, 0.1) is 10.6 Å². The highest BCUT2D eigenvalue weighted by molar-refractivity contribution is 6.33. The van der Waals surface area contributed by atoms with Crippen molar-refractivity contribution in [3.05, 3.63) is 28.5 Å². The number of hydrogen-bond acceptors (Lipinski definition) is 3. The summed E-state index contributed by atoms with van der Waals surface area (Å²) >= 11 is 5.97. The number of amides is 2. The number of nitrogens with zero attached hydrogens (tertiary/aromatic N) is 1. The van der Waals surface area contributed by atoms with Crippen LogP contribution in [0.15, 0.2) is 12.3 Å². The highest BCUT2D eigenvalue weighted by Crippen LogP contribution is 2.15. The molecule has 104 valence electrons. The van der Waals surface area contributed by atoms with Crippen molar-refractivity contribution in [2.75, 3.05) is 6.54 Å². The zero-order valence-electron chi connectivity index (χ0n) is 11.3. The molecule has 19 heavy (non-hydrogen) atoms. The Morgan fingerprint density at radius 3 is 2.74 bits per heavy atom. The number of pyridine rings is 1. The lowest BCUT2D eigenvalue weighted by molar-refractivity contribution is -0.122. The van der Waals surface area contributed by atoms with Crippen molar-refractivity contribution in [1.29, 1.82) is 0 Å². The summed E-state index contributed by atoms with van der Waals surface area (Å²) in [7, 11) is 0. The van der Waals surface area contributed by atoms with Gasteiger partial charge in [0.25, 0.3) is 5.91 Å². The lowest BCUT2D eigenvalue weighted by Gasteiger charge is -2.14. The average molecular weight is 284 g/mol. The molecule has 2 N–H and O–H groups in total. The topological polar surface area (TPSA) is 71.1 Å². The normalized spacial score (nSPS) is 11.8. The summed E-state index contributed by atoms with van der Waals surface area (Å²) in [5, 5.41) is 5.63. The van der Waals surface area contributed by atoms with Gasteiger partial charge in [-0.2, -0.15) is 0 Å². The number of aryl methyl sites for hydroxylation is 1. The van der Waals surface area contributed by atoms with Gasteiger partial charge in [-0.3, -0.25) is 14.6 Å². The Balaban J connectivity index is 2.66. The van der Waals surface area contributed by atoms with E-state index in [1.807, 2.05) is 6.92 Å². The molecule has 1 unspecified atom stereocenters. The van der Waals surface area contributed by atoms with Gasteiger partial charge in [-0.25, -0.2) is 0 Å². The number of halogens is 1. The van der Waals surface area contributed by atoms with E-state index in [1.165, 1.54) is 6.20 Å². The molecule has 0 aliphatic rings. The molecule has 0 spiro atoms. The van der Waals surface area contributed by atoms with Gasteiger partial charge in [-0.1, -0.05) is 18.5 Å². The first-order valence-corrected chi connectivity index (χ1v) is 6.54. The van der Waals surface area contributed by atoms with Crippen molar-refractivity contribution in [2.24, 2.45) is 0 Å². The second kappa shape index (κ2) is 7.09. The van der Waals surface area contributed by atoms with Crippen LogP contribution in [0.3, 0.4) is 0 Å². The Hall–Kier alpha value is -1.62. The lowest BCUT2D eigenvalue weighted by Crippen LogP contribution is -2.45.